The third-order valence-electron chi connectivity index (χ3n) is 4.37. The van der Waals surface area contributed by atoms with Gasteiger partial charge in [-0.05, 0) is 50.6 Å². The van der Waals surface area contributed by atoms with Crippen LogP contribution in [0.1, 0.15) is 44.7 Å². The molecule has 0 aliphatic carbocycles. The van der Waals surface area contributed by atoms with Gasteiger partial charge in [0.05, 0.1) is 12.7 Å². The molecule has 0 aromatic heterocycles. The van der Waals surface area contributed by atoms with E-state index in [4.69, 9.17) is 9.47 Å². The zero-order chi connectivity index (χ0) is 16.5. The first-order valence-electron chi connectivity index (χ1n) is 8.99. The molecule has 1 aliphatic heterocycles. The van der Waals surface area contributed by atoms with Gasteiger partial charge in [-0.2, -0.15) is 0 Å². The van der Waals surface area contributed by atoms with Crippen molar-refractivity contribution in [2.75, 3.05) is 39.9 Å². The first-order chi connectivity index (χ1) is 11.2. The van der Waals surface area contributed by atoms with E-state index in [2.05, 4.69) is 55.4 Å². The summed E-state index contributed by atoms with van der Waals surface area (Å²) in [6, 6.07) is 8.92. The van der Waals surface area contributed by atoms with Crippen molar-refractivity contribution in [2.45, 2.75) is 45.3 Å². The van der Waals surface area contributed by atoms with Gasteiger partial charge in [-0.15, -0.1) is 0 Å². The van der Waals surface area contributed by atoms with Gasteiger partial charge >= 0.3 is 0 Å². The Morgan fingerprint density at radius 2 is 2.09 bits per heavy atom. The van der Waals surface area contributed by atoms with Gasteiger partial charge in [-0.1, -0.05) is 26.0 Å². The molecule has 2 rings (SSSR count). The third-order valence-corrected chi connectivity index (χ3v) is 4.37. The summed E-state index contributed by atoms with van der Waals surface area (Å²) in [5.74, 6) is 0.958. The maximum Gasteiger partial charge on any atom is 0.119 e. The topological polar surface area (TPSA) is 33.7 Å². The van der Waals surface area contributed by atoms with E-state index in [9.17, 15) is 0 Å². The first kappa shape index (κ1) is 18.2. The average molecular weight is 320 g/mol. The number of nitrogens with one attached hydrogen (secondary N) is 1. The Hall–Kier alpha value is -1.10. The zero-order valence-electron chi connectivity index (χ0n) is 14.9. The molecule has 1 aromatic rings. The van der Waals surface area contributed by atoms with Crippen molar-refractivity contribution in [3.8, 4) is 5.75 Å². The van der Waals surface area contributed by atoms with Gasteiger partial charge in [0.2, 0.25) is 0 Å². The Morgan fingerprint density at radius 3 is 2.70 bits per heavy atom. The quantitative estimate of drug-likeness (QED) is 0.717. The molecule has 1 saturated heterocycles. The minimum Gasteiger partial charge on any atom is -0.494 e. The van der Waals surface area contributed by atoms with Gasteiger partial charge in [0.15, 0.2) is 0 Å². The van der Waals surface area contributed by atoms with Crippen LogP contribution in [-0.2, 0) is 4.74 Å². The molecule has 0 saturated carbocycles. The minimum atomic E-state index is 0.361. The molecule has 130 valence electrons. The standard InChI is InChI=1S/C19H32N2O2/c1-4-12-22-17-10-8-16(9-11-17)19(14-20-5-2)21(3)15-18-7-6-13-23-18/h8-11,18-20H,4-7,12-15H2,1-3H3. The Bertz CT molecular complexity index is 430. The van der Waals surface area contributed by atoms with Crippen molar-refractivity contribution in [1.82, 2.24) is 10.2 Å². The van der Waals surface area contributed by atoms with Crippen molar-refractivity contribution in [1.29, 1.82) is 0 Å². The van der Waals surface area contributed by atoms with E-state index in [1.165, 1.54) is 18.4 Å². The zero-order valence-corrected chi connectivity index (χ0v) is 14.9. The predicted octanol–water partition coefficient (Wildman–Crippen LogP) is 3.24. The smallest absolute Gasteiger partial charge is 0.119 e. The van der Waals surface area contributed by atoms with Gasteiger partial charge in [0.25, 0.3) is 0 Å². The van der Waals surface area contributed by atoms with Crippen molar-refractivity contribution in [3.05, 3.63) is 29.8 Å². The molecule has 4 heteroatoms. The number of hydrogen-bond donors (Lipinski definition) is 1. The van der Waals surface area contributed by atoms with Crippen LogP contribution < -0.4 is 10.1 Å². The molecule has 1 fully saturated rings. The summed E-state index contributed by atoms with van der Waals surface area (Å²) in [6.45, 7) is 8.90. The van der Waals surface area contributed by atoms with Crippen molar-refractivity contribution in [2.24, 2.45) is 0 Å². The fourth-order valence-corrected chi connectivity index (χ4v) is 3.05. The normalized spacial score (nSPS) is 19.2. The van der Waals surface area contributed by atoms with Crippen molar-refractivity contribution >= 4 is 0 Å². The fraction of sp³-hybridized carbons (Fsp3) is 0.684. The number of benzene rings is 1. The van der Waals surface area contributed by atoms with Crippen LogP contribution in [0.3, 0.4) is 0 Å². The lowest BCUT2D eigenvalue weighted by molar-refractivity contribution is 0.0677. The first-order valence-corrected chi connectivity index (χ1v) is 8.99. The van der Waals surface area contributed by atoms with Crippen LogP contribution >= 0.6 is 0 Å². The summed E-state index contributed by atoms with van der Waals surface area (Å²) in [6.07, 6.45) is 3.80. The third kappa shape index (κ3) is 5.79. The summed E-state index contributed by atoms with van der Waals surface area (Å²) in [7, 11) is 2.20. The molecule has 0 spiro atoms. The van der Waals surface area contributed by atoms with Crippen LogP contribution in [0, 0.1) is 0 Å². The molecule has 1 N–H and O–H groups in total. The van der Waals surface area contributed by atoms with Gasteiger partial charge in [0.1, 0.15) is 5.75 Å². The van der Waals surface area contributed by atoms with Crippen LogP contribution in [0.15, 0.2) is 24.3 Å². The molecule has 0 bridgehead atoms. The molecule has 1 aromatic carbocycles. The summed E-state index contributed by atoms with van der Waals surface area (Å²) < 4.78 is 11.5. The lowest BCUT2D eigenvalue weighted by Crippen LogP contribution is -2.37. The molecule has 1 heterocycles. The second-order valence-electron chi connectivity index (χ2n) is 6.32. The second-order valence-corrected chi connectivity index (χ2v) is 6.32. The van der Waals surface area contributed by atoms with E-state index >= 15 is 0 Å². The summed E-state index contributed by atoms with van der Waals surface area (Å²) >= 11 is 0. The lowest BCUT2D eigenvalue weighted by atomic mass is 10.0. The van der Waals surface area contributed by atoms with Gasteiger partial charge < -0.3 is 14.8 Å². The summed E-state index contributed by atoms with van der Waals surface area (Å²) in [5, 5.41) is 3.49. The number of hydrogen-bond acceptors (Lipinski definition) is 4. The van der Waals surface area contributed by atoms with E-state index in [1.54, 1.807) is 0 Å². The molecular weight excluding hydrogens is 288 g/mol. The Kier molecular flexibility index (Phi) is 7.86. The van der Waals surface area contributed by atoms with Crippen LogP contribution in [0.2, 0.25) is 0 Å². The highest BCUT2D eigenvalue weighted by molar-refractivity contribution is 5.29. The summed E-state index contributed by atoms with van der Waals surface area (Å²) in [4.78, 5) is 2.42. The van der Waals surface area contributed by atoms with Crippen LogP contribution in [0.5, 0.6) is 5.75 Å². The van der Waals surface area contributed by atoms with E-state index in [1.807, 2.05) is 0 Å². The highest BCUT2D eigenvalue weighted by Crippen LogP contribution is 2.24. The second kappa shape index (κ2) is 9.91. The SMILES string of the molecule is CCCOc1ccc(C(CNCC)N(C)CC2CCCO2)cc1. The monoisotopic (exact) mass is 320 g/mol. The summed E-state index contributed by atoms with van der Waals surface area (Å²) in [5.41, 5.74) is 1.33. The van der Waals surface area contributed by atoms with Crippen molar-refractivity contribution in [3.63, 3.8) is 0 Å². The molecule has 1 aliphatic rings. The highest BCUT2D eigenvalue weighted by Gasteiger charge is 2.23. The van der Waals surface area contributed by atoms with E-state index in [0.717, 1.165) is 45.0 Å². The van der Waals surface area contributed by atoms with Crippen molar-refractivity contribution < 1.29 is 9.47 Å². The Labute approximate surface area is 141 Å². The molecule has 0 radical (unpaired) electrons. The number of nitrogens with zero attached hydrogens (tertiary/aromatic N) is 1. The maximum atomic E-state index is 5.80. The maximum absolute atomic E-state index is 5.80. The molecule has 23 heavy (non-hydrogen) atoms. The van der Waals surface area contributed by atoms with Crippen LogP contribution in [0.4, 0.5) is 0 Å². The lowest BCUT2D eigenvalue weighted by Gasteiger charge is -2.30. The molecule has 4 nitrogen and oxygen atoms in total. The number of ether oxygens (including phenoxy) is 2. The van der Waals surface area contributed by atoms with Gasteiger partial charge in [-0.25, -0.2) is 0 Å². The fourth-order valence-electron chi connectivity index (χ4n) is 3.05. The predicted molar refractivity (Wildman–Crippen MR) is 95.1 cm³/mol. The van der Waals surface area contributed by atoms with Crippen LogP contribution in [0.25, 0.3) is 0 Å². The molecular formula is C19H32N2O2. The molecule has 2 unspecified atom stereocenters. The largest absolute Gasteiger partial charge is 0.494 e. The number of likely N-dealkylation sites (N-methyl/N-ethyl adjacent to an activating group) is 2. The van der Waals surface area contributed by atoms with E-state index < -0.39 is 0 Å². The van der Waals surface area contributed by atoms with E-state index in [-0.39, 0.29) is 0 Å². The van der Waals surface area contributed by atoms with Gasteiger partial charge in [-0.3, -0.25) is 4.90 Å². The Morgan fingerprint density at radius 1 is 1.30 bits per heavy atom. The Balaban J connectivity index is 2.00. The van der Waals surface area contributed by atoms with Gasteiger partial charge in [0, 0.05) is 25.7 Å². The van der Waals surface area contributed by atoms with Crippen LogP contribution in [-0.4, -0.2) is 50.9 Å². The average Bonchev–Trinajstić information content (AvgIpc) is 3.07. The van der Waals surface area contributed by atoms with E-state index in [0.29, 0.717) is 12.1 Å². The molecule has 2 atom stereocenters. The molecule has 0 amide bonds. The highest BCUT2D eigenvalue weighted by atomic mass is 16.5. The number of rotatable bonds is 10. The minimum absolute atomic E-state index is 0.361.